The van der Waals surface area contributed by atoms with Crippen molar-refractivity contribution in [1.82, 2.24) is 0 Å². The van der Waals surface area contributed by atoms with Crippen molar-refractivity contribution in [1.29, 1.82) is 5.26 Å². The van der Waals surface area contributed by atoms with Gasteiger partial charge in [-0.15, -0.1) is 0 Å². The molecule has 0 aromatic heterocycles. The van der Waals surface area contributed by atoms with E-state index < -0.39 is 11.7 Å². The van der Waals surface area contributed by atoms with Crippen molar-refractivity contribution in [2.24, 2.45) is 5.92 Å². The Morgan fingerprint density at radius 1 is 1.32 bits per heavy atom. The second kappa shape index (κ2) is 4.76. The molecule has 5 heteroatoms. The normalized spacial score (nSPS) is 23.5. The van der Waals surface area contributed by atoms with Crippen LogP contribution >= 0.6 is 0 Å². The lowest BCUT2D eigenvalue weighted by Gasteiger charge is -2.24. The minimum atomic E-state index is -4.48. The van der Waals surface area contributed by atoms with Gasteiger partial charge in [-0.3, -0.25) is 0 Å². The Morgan fingerprint density at radius 3 is 2.47 bits per heavy atom. The van der Waals surface area contributed by atoms with Crippen molar-refractivity contribution in [2.75, 3.05) is 11.4 Å². The standard InChI is InChI=1S/C14H15F3N2/c1-9-5-10(2)19(8-9)12-3-4-13(14(15,16)17)11(6-12)7-18/h3-4,6,9-10H,5,8H2,1-2H3. The Bertz CT molecular complexity index is 516. The van der Waals surface area contributed by atoms with Crippen LogP contribution in [0.4, 0.5) is 18.9 Å². The lowest BCUT2D eigenvalue weighted by Crippen LogP contribution is -2.26. The molecule has 0 bridgehead atoms. The van der Waals surface area contributed by atoms with E-state index in [-0.39, 0.29) is 5.56 Å². The third-order valence-electron chi connectivity index (χ3n) is 3.54. The van der Waals surface area contributed by atoms with E-state index in [1.54, 1.807) is 6.07 Å². The maximum Gasteiger partial charge on any atom is 0.417 e. The van der Waals surface area contributed by atoms with Crippen molar-refractivity contribution in [3.05, 3.63) is 29.3 Å². The van der Waals surface area contributed by atoms with Crippen LogP contribution in [0.1, 0.15) is 31.4 Å². The zero-order chi connectivity index (χ0) is 14.2. The van der Waals surface area contributed by atoms with Crippen molar-refractivity contribution >= 4 is 5.69 Å². The summed E-state index contributed by atoms with van der Waals surface area (Å²) >= 11 is 0. The number of halogens is 3. The second-order valence-electron chi connectivity index (χ2n) is 5.18. The molecule has 0 aliphatic carbocycles. The van der Waals surface area contributed by atoms with E-state index >= 15 is 0 Å². The van der Waals surface area contributed by atoms with E-state index in [9.17, 15) is 13.2 Å². The molecule has 1 aromatic rings. The molecule has 1 aliphatic heterocycles. The molecule has 0 radical (unpaired) electrons. The van der Waals surface area contributed by atoms with Gasteiger partial charge in [0.25, 0.3) is 0 Å². The average Bonchev–Trinajstić information content (AvgIpc) is 2.66. The predicted molar refractivity (Wildman–Crippen MR) is 66.7 cm³/mol. The van der Waals surface area contributed by atoms with Gasteiger partial charge in [-0.1, -0.05) is 6.92 Å². The van der Waals surface area contributed by atoms with Gasteiger partial charge in [0.2, 0.25) is 0 Å². The Hall–Kier alpha value is -1.70. The van der Waals surface area contributed by atoms with Crippen LogP contribution < -0.4 is 4.90 Å². The quantitative estimate of drug-likeness (QED) is 0.774. The highest BCUT2D eigenvalue weighted by molar-refractivity contribution is 5.56. The van der Waals surface area contributed by atoms with Gasteiger partial charge in [-0.25, -0.2) is 0 Å². The fourth-order valence-corrected chi connectivity index (χ4v) is 2.71. The van der Waals surface area contributed by atoms with Gasteiger partial charge in [0.15, 0.2) is 0 Å². The molecule has 2 rings (SSSR count). The molecule has 102 valence electrons. The molecular weight excluding hydrogens is 253 g/mol. The van der Waals surface area contributed by atoms with Gasteiger partial charge in [0, 0.05) is 18.3 Å². The first-order valence-electron chi connectivity index (χ1n) is 6.21. The minimum absolute atomic E-state index is 0.290. The minimum Gasteiger partial charge on any atom is -0.369 e. The number of benzene rings is 1. The predicted octanol–water partition coefficient (Wildman–Crippen LogP) is 3.81. The molecular formula is C14H15F3N2. The fraction of sp³-hybridized carbons (Fsp3) is 0.500. The van der Waals surface area contributed by atoms with Gasteiger partial charge in [0.1, 0.15) is 0 Å². The molecule has 0 spiro atoms. The maximum atomic E-state index is 12.7. The first-order valence-corrected chi connectivity index (χ1v) is 6.21. The summed E-state index contributed by atoms with van der Waals surface area (Å²) < 4.78 is 38.2. The first-order chi connectivity index (χ1) is 8.82. The third-order valence-corrected chi connectivity index (χ3v) is 3.54. The average molecular weight is 268 g/mol. The SMILES string of the molecule is CC1CC(C)N(c2ccc(C(F)(F)F)c(C#N)c2)C1. The number of nitrogens with zero attached hydrogens (tertiary/aromatic N) is 2. The number of nitriles is 1. The van der Waals surface area contributed by atoms with Crippen LogP contribution in [0.5, 0.6) is 0 Å². The van der Waals surface area contributed by atoms with Gasteiger partial charge < -0.3 is 4.90 Å². The van der Waals surface area contributed by atoms with E-state index in [4.69, 9.17) is 5.26 Å². The number of rotatable bonds is 1. The number of hydrogen-bond acceptors (Lipinski definition) is 2. The monoisotopic (exact) mass is 268 g/mol. The van der Waals surface area contributed by atoms with Crippen LogP contribution in [0, 0.1) is 17.2 Å². The molecule has 1 aliphatic rings. The summed E-state index contributed by atoms with van der Waals surface area (Å²) in [5.74, 6) is 0.517. The van der Waals surface area contributed by atoms with Crippen LogP contribution in [0.2, 0.25) is 0 Å². The lowest BCUT2D eigenvalue weighted by atomic mass is 10.1. The number of hydrogen-bond donors (Lipinski definition) is 0. The van der Waals surface area contributed by atoms with Crippen molar-refractivity contribution in [3.8, 4) is 6.07 Å². The molecule has 2 atom stereocenters. The van der Waals surface area contributed by atoms with Crippen molar-refractivity contribution in [2.45, 2.75) is 32.5 Å². The molecule has 1 heterocycles. The first kappa shape index (κ1) is 13.7. The van der Waals surface area contributed by atoms with Crippen molar-refractivity contribution < 1.29 is 13.2 Å². The molecule has 0 saturated carbocycles. The topological polar surface area (TPSA) is 27.0 Å². The van der Waals surface area contributed by atoms with Gasteiger partial charge in [-0.2, -0.15) is 18.4 Å². The number of anilines is 1. The van der Waals surface area contributed by atoms with Crippen LogP contribution in [-0.4, -0.2) is 12.6 Å². The largest absolute Gasteiger partial charge is 0.417 e. The Balaban J connectivity index is 2.38. The van der Waals surface area contributed by atoms with E-state index in [2.05, 4.69) is 11.8 Å². The van der Waals surface area contributed by atoms with Crippen LogP contribution in [-0.2, 0) is 6.18 Å². The van der Waals surface area contributed by atoms with E-state index in [0.717, 1.165) is 19.0 Å². The molecule has 2 nitrogen and oxygen atoms in total. The highest BCUT2D eigenvalue weighted by Gasteiger charge is 2.34. The van der Waals surface area contributed by atoms with E-state index in [0.29, 0.717) is 17.6 Å². The second-order valence-corrected chi connectivity index (χ2v) is 5.18. The zero-order valence-electron chi connectivity index (χ0n) is 10.8. The Kier molecular flexibility index (Phi) is 3.44. The molecule has 1 saturated heterocycles. The highest BCUT2D eigenvalue weighted by Crippen LogP contribution is 2.35. The summed E-state index contributed by atoms with van der Waals surface area (Å²) in [6.45, 7) is 4.98. The Labute approximate surface area is 110 Å². The summed E-state index contributed by atoms with van der Waals surface area (Å²) in [5, 5.41) is 8.90. The van der Waals surface area contributed by atoms with Crippen LogP contribution in [0.25, 0.3) is 0 Å². The van der Waals surface area contributed by atoms with Crippen molar-refractivity contribution in [3.63, 3.8) is 0 Å². The molecule has 2 unspecified atom stereocenters. The van der Waals surface area contributed by atoms with Gasteiger partial charge in [0.05, 0.1) is 17.2 Å². The summed E-state index contributed by atoms with van der Waals surface area (Å²) in [6, 6.07) is 5.74. The summed E-state index contributed by atoms with van der Waals surface area (Å²) in [7, 11) is 0. The smallest absolute Gasteiger partial charge is 0.369 e. The molecule has 0 amide bonds. The summed E-state index contributed by atoms with van der Waals surface area (Å²) in [6.07, 6.45) is -3.46. The summed E-state index contributed by atoms with van der Waals surface area (Å²) in [5.41, 5.74) is -0.475. The maximum absolute atomic E-state index is 12.7. The molecule has 19 heavy (non-hydrogen) atoms. The van der Waals surface area contributed by atoms with Crippen LogP contribution in [0.3, 0.4) is 0 Å². The highest BCUT2D eigenvalue weighted by atomic mass is 19.4. The van der Waals surface area contributed by atoms with Gasteiger partial charge in [-0.05, 0) is 37.5 Å². The molecule has 1 fully saturated rings. The zero-order valence-corrected chi connectivity index (χ0v) is 10.8. The van der Waals surface area contributed by atoms with E-state index in [1.807, 2.05) is 6.92 Å². The van der Waals surface area contributed by atoms with Crippen LogP contribution in [0.15, 0.2) is 18.2 Å². The summed E-state index contributed by atoms with van der Waals surface area (Å²) in [4.78, 5) is 2.06. The third kappa shape index (κ3) is 2.67. The fourth-order valence-electron chi connectivity index (χ4n) is 2.71. The van der Waals surface area contributed by atoms with E-state index in [1.165, 1.54) is 12.1 Å². The molecule has 0 N–H and O–H groups in total. The Morgan fingerprint density at radius 2 is 2.00 bits per heavy atom. The van der Waals surface area contributed by atoms with Gasteiger partial charge >= 0.3 is 6.18 Å². The number of alkyl halides is 3. The molecule has 1 aromatic carbocycles. The lowest BCUT2D eigenvalue weighted by molar-refractivity contribution is -0.137.